The minimum absolute atomic E-state index is 0.0545. The largest absolute Gasteiger partial charge is 0.573 e. The molecule has 1 amide bonds. The van der Waals surface area contributed by atoms with E-state index >= 15 is 0 Å². The van der Waals surface area contributed by atoms with E-state index in [2.05, 4.69) is 26.7 Å². The number of halogens is 3. The van der Waals surface area contributed by atoms with Gasteiger partial charge in [0.15, 0.2) is 5.65 Å². The summed E-state index contributed by atoms with van der Waals surface area (Å²) in [7, 11) is 0. The van der Waals surface area contributed by atoms with Gasteiger partial charge in [-0.15, -0.1) is 13.2 Å². The van der Waals surface area contributed by atoms with E-state index in [0.29, 0.717) is 41.0 Å². The molecule has 4 rings (SSSR count). The van der Waals surface area contributed by atoms with Crippen LogP contribution < -0.4 is 14.8 Å². The molecule has 0 unspecified atom stereocenters. The van der Waals surface area contributed by atoms with Gasteiger partial charge < -0.3 is 19.9 Å². The molecular formula is C21H19F3N4O4. The van der Waals surface area contributed by atoms with Crippen LogP contribution in [-0.4, -0.2) is 44.3 Å². The molecule has 3 aromatic rings. The summed E-state index contributed by atoms with van der Waals surface area (Å²) < 4.78 is 48.7. The summed E-state index contributed by atoms with van der Waals surface area (Å²) >= 11 is 0. The second-order valence-electron chi connectivity index (χ2n) is 7.19. The van der Waals surface area contributed by atoms with Gasteiger partial charge in [0.2, 0.25) is 5.91 Å². The van der Waals surface area contributed by atoms with Crippen LogP contribution in [0.2, 0.25) is 0 Å². The third-order valence-electron chi connectivity index (χ3n) is 4.90. The molecule has 11 heteroatoms. The first kappa shape index (κ1) is 21.6. The van der Waals surface area contributed by atoms with E-state index in [1.165, 1.54) is 35.1 Å². The summed E-state index contributed by atoms with van der Waals surface area (Å²) in [4.78, 5) is 16.0. The molecule has 1 aromatic carbocycles. The van der Waals surface area contributed by atoms with E-state index in [-0.39, 0.29) is 18.4 Å². The van der Waals surface area contributed by atoms with Crippen molar-refractivity contribution in [2.24, 2.45) is 0 Å². The van der Waals surface area contributed by atoms with Gasteiger partial charge in [-0.05, 0) is 36.4 Å². The van der Waals surface area contributed by atoms with Crippen LogP contribution in [0.25, 0.3) is 16.7 Å². The lowest BCUT2D eigenvalue weighted by Crippen LogP contribution is -2.37. The molecule has 0 atom stereocenters. The minimum Gasteiger partial charge on any atom is -0.489 e. The molecule has 0 bridgehead atoms. The van der Waals surface area contributed by atoms with Gasteiger partial charge in [-0.2, -0.15) is 5.10 Å². The van der Waals surface area contributed by atoms with E-state index in [4.69, 9.17) is 4.74 Å². The standard InChI is InChI=1S/C21H19F3N4O4/c1-2-18(30)26-11-16-19-17(31-15-9-13(29)10-15)7-8-25-20(19)28(27-16)12-3-5-14(6-4-12)32-21(22,23)24/h2-8,13,15,29H,1,9-11H2,(H,26,30)/t13-,15+. The zero-order valence-electron chi connectivity index (χ0n) is 16.7. The Morgan fingerprint density at radius 2 is 2.00 bits per heavy atom. The molecule has 1 aliphatic carbocycles. The highest BCUT2D eigenvalue weighted by Crippen LogP contribution is 2.34. The smallest absolute Gasteiger partial charge is 0.489 e. The van der Waals surface area contributed by atoms with Crippen LogP contribution in [0.1, 0.15) is 18.5 Å². The van der Waals surface area contributed by atoms with Crippen LogP contribution in [0.3, 0.4) is 0 Å². The Morgan fingerprint density at radius 3 is 2.62 bits per heavy atom. The Hall–Kier alpha value is -3.60. The predicted octanol–water partition coefficient (Wildman–Crippen LogP) is 3.02. The number of fused-ring (bicyclic) bond motifs is 1. The Kier molecular flexibility index (Phi) is 5.74. The second-order valence-corrected chi connectivity index (χ2v) is 7.19. The Bertz CT molecular complexity index is 1140. The van der Waals surface area contributed by atoms with Gasteiger partial charge in [0.25, 0.3) is 0 Å². The van der Waals surface area contributed by atoms with E-state index < -0.39 is 18.4 Å². The second kappa shape index (κ2) is 8.50. The molecule has 32 heavy (non-hydrogen) atoms. The highest BCUT2D eigenvalue weighted by Gasteiger charge is 2.31. The lowest BCUT2D eigenvalue weighted by atomic mass is 9.92. The Morgan fingerprint density at radius 1 is 1.28 bits per heavy atom. The number of hydrogen-bond donors (Lipinski definition) is 2. The predicted molar refractivity (Wildman–Crippen MR) is 107 cm³/mol. The lowest BCUT2D eigenvalue weighted by molar-refractivity contribution is -0.274. The van der Waals surface area contributed by atoms with Crippen molar-refractivity contribution in [1.29, 1.82) is 0 Å². The fourth-order valence-electron chi connectivity index (χ4n) is 3.33. The number of carbonyl (C=O) groups excluding carboxylic acids is 1. The molecule has 1 aliphatic rings. The molecule has 0 saturated heterocycles. The van der Waals surface area contributed by atoms with Gasteiger partial charge in [0.1, 0.15) is 17.6 Å². The maximum atomic E-state index is 12.4. The molecule has 2 heterocycles. The van der Waals surface area contributed by atoms with Crippen LogP contribution in [0.5, 0.6) is 11.5 Å². The summed E-state index contributed by atoms with van der Waals surface area (Å²) in [6, 6.07) is 6.84. The van der Waals surface area contributed by atoms with Gasteiger partial charge in [-0.3, -0.25) is 4.79 Å². The molecule has 0 aliphatic heterocycles. The third-order valence-corrected chi connectivity index (χ3v) is 4.90. The number of pyridine rings is 1. The first-order chi connectivity index (χ1) is 15.2. The van der Waals surface area contributed by atoms with Crippen LogP contribution in [0, 0.1) is 0 Å². The van der Waals surface area contributed by atoms with Crippen molar-refractivity contribution >= 4 is 16.9 Å². The molecule has 0 spiro atoms. The summed E-state index contributed by atoms with van der Waals surface area (Å²) in [6.07, 6.45) is -1.69. The molecule has 2 aromatic heterocycles. The first-order valence-electron chi connectivity index (χ1n) is 9.71. The number of benzene rings is 1. The van der Waals surface area contributed by atoms with Crippen LogP contribution in [0.4, 0.5) is 13.2 Å². The number of ether oxygens (including phenoxy) is 2. The molecule has 8 nitrogen and oxygen atoms in total. The fraction of sp³-hybridized carbons (Fsp3) is 0.286. The van der Waals surface area contributed by atoms with E-state index in [0.717, 1.165) is 6.08 Å². The van der Waals surface area contributed by atoms with Crippen molar-refractivity contribution in [3.63, 3.8) is 0 Å². The van der Waals surface area contributed by atoms with Crippen molar-refractivity contribution in [3.05, 3.63) is 54.9 Å². The summed E-state index contributed by atoms with van der Waals surface area (Å²) in [5.41, 5.74) is 1.29. The van der Waals surface area contributed by atoms with E-state index in [1.54, 1.807) is 6.07 Å². The minimum atomic E-state index is -4.79. The van der Waals surface area contributed by atoms with Gasteiger partial charge in [-0.25, -0.2) is 9.67 Å². The number of aliphatic hydroxyl groups excluding tert-OH is 1. The molecule has 1 fully saturated rings. The maximum Gasteiger partial charge on any atom is 0.573 e. The molecule has 168 valence electrons. The van der Waals surface area contributed by atoms with Crippen molar-refractivity contribution < 1.29 is 32.5 Å². The topological polar surface area (TPSA) is 98.5 Å². The lowest BCUT2D eigenvalue weighted by Gasteiger charge is -2.31. The van der Waals surface area contributed by atoms with E-state index in [9.17, 15) is 23.1 Å². The summed E-state index contributed by atoms with van der Waals surface area (Å²) in [5.74, 6) is -0.274. The monoisotopic (exact) mass is 448 g/mol. The number of aromatic nitrogens is 3. The average Bonchev–Trinajstić information content (AvgIpc) is 3.10. The Labute approximate surface area is 180 Å². The maximum absolute atomic E-state index is 12.4. The van der Waals surface area contributed by atoms with Crippen molar-refractivity contribution in [1.82, 2.24) is 20.1 Å². The van der Waals surface area contributed by atoms with Crippen LogP contribution >= 0.6 is 0 Å². The highest BCUT2D eigenvalue weighted by molar-refractivity contribution is 5.89. The van der Waals surface area contributed by atoms with Crippen molar-refractivity contribution in [2.45, 2.75) is 38.0 Å². The highest BCUT2D eigenvalue weighted by atomic mass is 19.4. The van der Waals surface area contributed by atoms with Gasteiger partial charge >= 0.3 is 6.36 Å². The number of amides is 1. The zero-order valence-corrected chi connectivity index (χ0v) is 16.7. The van der Waals surface area contributed by atoms with Gasteiger partial charge in [0.05, 0.1) is 29.4 Å². The number of hydrogen-bond acceptors (Lipinski definition) is 6. The quantitative estimate of drug-likeness (QED) is 0.540. The number of carbonyl (C=O) groups is 1. The summed E-state index contributed by atoms with van der Waals surface area (Å²) in [6.45, 7) is 3.47. The van der Waals surface area contributed by atoms with Crippen LogP contribution in [0.15, 0.2) is 49.2 Å². The zero-order chi connectivity index (χ0) is 22.9. The average molecular weight is 448 g/mol. The van der Waals surface area contributed by atoms with Crippen molar-refractivity contribution in [3.8, 4) is 17.2 Å². The fourth-order valence-corrected chi connectivity index (χ4v) is 3.33. The number of rotatable bonds is 7. The number of nitrogens with zero attached hydrogens (tertiary/aromatic N) is 3. The molecule has 0 radical (unpaired) electrons. The number of alkyl halides is 3. The summed E-state index contributed by atoms with van der Waals surface area (Å²) in [5, 5.41) is 17.3. The first-order valence-corrected chi connectivity index (χ1v) is 9.71. The normalized spacial score (nSPS) is 18.1. The molecular weight excluding hydrogens is 429 g/mol. The Balaban J connectivity index is 1.72. The SMILES string of the molecule is C=CC(=O)NCc1nn(-c2ccc(OC(F)(F)F)cc2)c2nccc(O[C@H]3C[C@@H](O)C3)c12. The number of nitrogens with one attached hydrogen (secondary N) is 1. The number of aliphatic hydroxyl groups is 1. The van der Waals surface area contributed by atoms with Gasteiger partial charge in [-0.1, -0.05) is 6.58 Å². The van der Waals surface area contributed by atoms with Crippen LogP contribution in [-0.2, 0) is 11.3 Å². The molecule has 1 saturated carbocycles. The van der Waals surface area contributed by atoms with Crippen molar-refractivity contribution in [2.75, 3.05) is 0 Å². The molecule has 2 N–H and O–H groups in total. The van der Waals surface area contributed by atoms with Gasteiger partial charge in [0, 0.05) is 19.0 Å². The third kappa shape index (κ3) is 4.67. The van der Waals surface area contributed by atoms with E-state index in [1.807, 2.05) is 0 Å².